The van der Waals surface area contributed by atoms with Crippen LogP contribution in [0.1, 0.15) is 19.3 Å². The highest BCUT2D eigenvalue weighted by atomic mass is 16.7. The molecule has 1 aromatic rings. The molecule has 84 valence electrons. The summed E-state index contributed by atoms with van der Waals surface area (Å²) in [6.07, 6.45) is 3.04. The molecule has 0 bridgehead atoms. The second-order valence-electron chi connectivity index (χ2n) is 3.60. The summed E-state index contributed by atoms with van der Waals surface area (Å²) < 4.78 is 11.1. The quantitative estimate of drug-likeness (QED) is 0.443. The van der Waals surface area contributed by atoms with E-state index in [0.29, 0.717) is 5.69 Å². The minimum Gasteiger partial charge on any atom is -0.465 e. The molecule has 0 aliphatic carbocycles. The molecule has 1 aromatic carbocycles. The normalized spacial score (nSPS) is 19.9. The molecule has 0 radical (unpaired) electrons. The molecule has 0 aromatic heterocycles. The smallest absolute Gasteiger partial charge is 0.199 e. The lowest BCUT2D eigenvalue weighted by Gasteiger charge is -2.23. The van der Waals surface area contributed by atoms with Crippen LogP contribution in [0.25, 0.3) is 10.4 Å². The zero-order chi connectivity index (χ0) is 11.2. The molecule has 1 saturated heterocycles. The molecule has 2 rings (SSSR count). The predicted octanol–water partition coefficient (Wildman–Crippen LogP) is 3.53. The fourth-order valence-electron chi connectivity index (χ4n) is 1.60. The van der Waals surface area contributed by atoms with Gasteiger partial charge in [-0.25, -0.2) is 0 Å². The van der Waals surface area contributed by atoms with Crippen LogP contribution in [0.4, 0.5) is 5.69 Å². The third-order valence-corrected chi connectivity index (χ3v) is 2.40. The number of hydrogen-bond acceptors (Lipinski definition) is 3. The molecule has 1 heterocycles. The highest BCUT2D eigenvalue weighted by Crippen LogP contribution is 2.22. The van der Waals surface area contributed by atoms with E-state index in [9.17, 15) is 0 Å². The number of nitrogens with zero attached hydrogens (tertiary/aromatic N) is 3. The summed E-state index contributed by atoms with van der Waals surface area (Å²) in [6.45, 7) is 0.765. The first kappa shape index (κ1) is 10.8. The van der Waals surface area contributed by atoms with E-state index in [0.717, 1.165) is 31.6 Å². The molecule has 1 aliphatic heterocycles. The summed E-state index contributed by atoms with van der Waals surface area (Å²) in [5.41, 5.74) is 8.84. The van der Waals surface area contributed by atoms with Gasteiger partial charge in [-0.2, -0.15) is 0 Å². The van der Waals surface area contributed by atoms with E-state index in [2.05, 4.69) is 10.0 Å². The van der Waals surface area contributed by atoms with Crippen LogP contribution in [-0.4, -0.2) is 12.9 Å². The average Bonchev–Trinajstić information content (AvgIpc) is 2.33. The summed E-state index contributed by atoms with van der Waals surface area (Å²) >= 11 is 0. The molecule has 0 amide bonds. The first-order valence-corrected chi connectivity index (χ1v) is 5.32. The minimum absolute atomic E-state index is 0.140. The maximum atomic E-state index is 8.26. The van der Waals surface area contributed by atoms with Gasteiger partial charge in [-0.05, 0) is 42.6 Å². The third-order valence-electron chi connectivity index (χ3n) is 2.40. The van der Waals surface area contributed by atoms with Gasteiger partial charge in [0.1, 0.15) is 5.75 Å². The molecule has 5 nitrogen and oxygen atoms in total. The molecule has 0 N–H and O–H groups in total. The topological polar surface area (TPSA) is 67.2 Å². The summed E-state index contributed by atoms with van der Waals surface area (Å²) in [5.74, 6) is 0.740. The molecule has 0 saturated carbocycles. The monoisotopic (exact) mass is 219 g/mol. The number of hydrogen-bond donors (Lipinski definition) is 0. The first-order valence-electron chi connectivity index (χ1n) is 5.32. The molecule has 0 spiro atoms. The van der Waals surface area contributed by atoms with E-state index in [4.69, 9.17) is 15.0 Å². The van der Waals surface area contributed by atoms with Crippen LogP contribution in [0.5, 0.6) is 5.75 Å². The zero-order valence-electron chi connectivity index (χ0n) is 8.87. The predicted molar refractivity (Wildman–Crippen MR) is 59.5 cm³/mol. The van der Waals surface area contributed by atoms with Crippen molar-refractivity contribution in [3.05, 3.63) is 34.7 Å². The largest absolute Gasteiger partial charge is 0.465 e. The number of rotatable bonds is 3. The Labute approximate surface area is 93.6 Å². The van der Waals surface area contributed by atoms with Crippen molar-refractivity contribution in [2.45, 2.75) is 25.6 Å². The fourth-order valence-corrected chi connectivity index (χ4v) is 1.60. The maximum Gasteiger partial charge on any atom is 0.199 e. The van der Waals surface area contributed by atoms with Crippen molar-refractivity contribution in [3.8, 4) is 5.75 Å². The molecular formula is C11H13N3O2. The number of ether oxygens (including phenoxy) is 2. The van der Waals surface area contributed by atoms with E-state index in [1.807, 2.05) is 0 Å². The van der Waals surface area contributed by atoms with E-state index in [1.165, 1.54) is 0 Å². The molecular weight excluding hydrogens is 206 g/mol. The molecule has 1 aliphatic rings. The average molecular weight is 219 g/mol. The lowest BCUT2D eigenvalue weighted by Crippen LogP contribution is -2.24. The Balaban J connectivity index is 1.96. The van der Waals surface area contributed by atoms with Crippen LogP contribution >= 0.6 is 0 Å². The lowest BCUT2D eigenvalue weighted by atomic mass is 10.2. The van der Waals surface area contributed by atoms with Gasteiger partial charge in [-0.1, -0.05) is 5.11 Å². The summed E-state index contributed by atoms with van der Waals surface area (Å²) in [7, 11) is 0. The van der Waals surface area contributed by atoms with Gasteiger partial charge in [0.2, 0.25) is 0 Å². The van der Waals surface area contributed by atoms with Gasteiger partial charge in [0.15, 0.2) is 6.29 Å². The van der Waals surface area contributed by atoms with Gasteiger partial charge >= 0.3 is 0 Å². The molecule has 5 heteroatoms. The lowest BCUT2D eigenvalue weighted by molar-refractivity contribution is -0.105. The summed E-state index contributed by atoms with van der Waals surface area (Å²) in [6, 6.07) is 7.00. The Morgan fingerprint density at radius 3 is 2.75 bits per heavy atom. The van der Waals surface area contributed by atoms with E-state index in [1.54, 1.807) is 24.3 Å². The van der Waals surface area contributed by atoms with Crippen LogP contribution in [0, 0.1) is 0 Å². The summed E-state index contributed by atoms with van der Waals surface area (Å²) in [5, 5.41) is 3.49. The first-order chi connectivity index (χ1) is 7.88. The van der Waals surface area contributed by atoms with Crippen molar-refractivity contribution in [3.63, 3.8) is 0 Å². The van der Waals surface area contributed by atoms with Crippen molar-refractivity contribution in [1.29, 1.82) is 0 Å². The summed E-state index contributed by atoms with van der Waals surface area (Å²) in [4.78, 5) is 2.71. The molecule has 0 unspecified atom stereocenters. The molecule has 16 heavy (non-hydrogen) atoms. The Morgan fingerprint density at radius 1 is 1.31 bits per heavy atom. The zero-order valence-corrected chi connectivity index (χ0v) is 8.87. The Morgan fingerprint density at radius 2 is 2.12 bits per heavy atom. The van der Waals surface area contributed by atoms with Crippen LogP contribution in [0.15, 0.2) is 29.4 Å². The van der Waals surface area contributed by atoms with E-state index < -0.39 is 0 Å². The Hall–Kier alpha value is -1.71. The van der Waals surface area contributed by atoms with Gasteiger partial charge in [-0.3, -0.25) is 0 Å². The maximum absolute atomic E-state index is 8.26. The van der Waals surface area contributed by atoms with Crippen LogP contribution < -0.4 is 4.74 Å². The van der Waals surface area contributed by atoms with Crippen molar-refractivity contribution < 1.29 is 9.47 Å². The van der Waals surface area contributed by atoms with Crippen molar-refractivity contribution in [2.75, 3.05) is 6.61 Å². The number of azide groups is 1. The Kier molecular flexibility index (Phi) is 3.64. The van der Waals surface area contributed by atoms with Gasteiger partial charge < -0.3 is 9.47 Å². The molecule has 1 fully saturated rings. The van der Waals surface area contributed by atoms with Crippen molar-refractivity contribution in [1.82, 2.24) is 0 Å². The van der Waals surface area contributed by atoms with Gasteiger partial charge in [0, 0.05) is 17.0 Å². The SMILES string of the molecule is [N-]=[N+]=Nc1ccc(O[C@H]2CCCCO2)cc1. The second-order valence-corrected chi connectivity index (χ2v) is 3.60. The van der Waals surface area contributed by atoms with Crippen LogP contribution in [0.2, 0.25) is 0 Å². The molecule has 1 atom stereocenters. The van der Waals surface area contributed by atoms with Gasteiger partial charge in [-0.15, -0.1) is 0 Å². The van der Waals surface area contributed by atoms with E-state index >= 15 is 0 Å². The van der Waals surface area contributed by atoms with Crippen molar-refractivity contribution >= 4 is 5.69 Å². The highest BCUT2D eigenvalue weighted by Gasteiger charge is 2.14. The minimum atomic E-state index is -0.140. The van der Waals surface area contributed by atoms with E-state index in [-0.39, 0.29) is 6.29 Å². The number of benzene rings is 1. The standard InChI is InChI=1S/C11H13N3O2/c12-14-13-9-4-6-10(7-5-9)16-11-3-1-2-8-15-11/h4-7,11H,1-3,8H2/t11-/m0/s1. The van der Waals surface area contributed by atoms with Crippen LogP contribution in [-0.2, 0) is 4.74 Å². The van der Waals surface area contributed by atoms with Crippen molar-refractivity contribution in [2.24, 2.45) is 5.11 Å². The highest BCUT2D eigenvalue weighted by molar-refractivity contribution is 5.40. The van der Waals surface area contributed by atoms with Gasteiger partial charge in [0.25, 0.3) is 0 Å². The Bertz CT molecular complexity index is 379. The fraction of sp³-hybridized carbons (Fsp3) is 0.455. The van der Waals surface area contributed by atoms with Gasteiger partial charge in [0.05, 0.1) is 6.61 Å². The van der Waals surface area contributed by atoms with Crippen LogP contribution in [0.3, 0.4) is 0 Å². The third kappa shape index (κ3) is 2.89. The second kappa shape index (κ2) is 5.39.